The van der Waals surface area contributed by atoms with Crippen LogP contribution in [-0.2, 0) is 0 Å². The van der Waals surface area contributed by atoms with Gasteiger partial charge in [-0.25, -0.2) is 9.97 Å². The Hall–Kier alpha value is -1.61. The SMILES string of the molecule is Cc1cc(C)nc(NC(CCl)c2ccccc2)n1. The van der Waals surface area contributed by atoms with Crippen molar-refractivity contribution < 1.29 is 0 Å². The maximum Gasteiger partial charge on any atom is 0.223 e. The second kappa shape index (κ2) is 5.83. The summed E-state index contributed by atoms with van der Waals surface area (Å²) in [5.41, 5.74) is 3.04. The summed E-state index contributed by atoms with van der Waals surface area (Å²) in [5, 5.41) is 3.27. The number of aromatic nitrogens is 2. The van der Waals surface area contributed by atoms with Crippen LogP contribution in [0.5, 0.6) is 0 Å². The molecule has 1 aromatic heterocycles. The zero-order valence-corrected chi connectivity index (χ0v) is 11.3. The van der Waals surface area contributed by atoms with Gasteiger partial charge in [-0.1, -0.05) is 30.3 Å². The van der Waals surface area contributed by atoms with Crippen LogP contribution in [0.2, 0.25) is 0 Å². The summed E-state index contributed by atoms with van der Waals surface area (Å²) in [4.78, 5) is 8.73. The lowest BCUT2D eigenvalue weighted by Crippen LogP contribution is -2.15. The Morgan fingerprint density at radius 2 is 1.72 bits per heavy atom. The zero-order chi connectivity index (χ0) is 13.0. The van der Waals surface area contributed by atoms with Crippen LogP contribution < -0.4 is 5.32 Å². The number of benzene rings is 1. The summed E-state index contributed by atoms with van der Waals surface area (Å²) >= 11 is 6.01. The Morgan fingerprint density at radius 3 is 2.28 bits per heavy atom. The minimum absolute atomic E-state index is 0.0223. The van der Waals surface area contributed by atoms with Crippen LogP contribution in [0.15, 0.2) is 36.4 Å². The van der Waals surface area contributed by atoms with Gasteiger partial charge in [-0.2, -0.15) is 0 Å². The van der Waals surface area contributed by atoms with Gasteiger partial charge >= 0.3 is 0 Å². The van der Waals surface area contributed by atoms with Gasteiger partial charge in [0.05, 0.1) is 6.04 Å². The van der Waals surface area contributed by atoms with Crippen LogP contribution in [0.25, 0.3) is 0 Å². The maximum absolute atomic E-state index is 6.01. The van der Waals surface area contributed by atoms with Gasteiger partial charge in [-0.15, -0.1) is 11.6 Å². The largest absolute Gasteiger partial charge is 0.346 e. The van der Waals surface area contributed by atoms with Crippen molar-refractivity contribution in [3.8, 4) is 0 Å². The van der Waals surface area contributed by atoms with E-state index < -0.39 is 0 Å². The molecule has 2 rings (SSSR count). The molecule has 1 heterocycles. The molecule has 1 unspecified atom stereocenters. The van der Waals surface area contributed by atoms with E-state index in [0.717, 1.165) is 17.0 Å². The van der Waals surface area contributed by atoms with Gasteiger partial charge in [-0.3, -0.25) is 0 Å². The molecular formula is C14H16ClN3. The number of nitrogens with zero attached hydrogens (tertiary/aromatic N) is 2. The van der Waals surface area contributed by atoms with Gasteiger partial charge in [0.1, 0.15) is 0 Å². The number of aryl methyl sites for hydroxylation is 2. The lowest BCUT2D eigenvalue weighted by molar-refractivity contribution is 0.860. The predicted octanol–water partition coefficient (Wildman–Crippen LogP) is 3.49. The van der Waals surface area contributed by atoms with E-state index in [4.69, 9.17) is 11.6 Å². The molecule has 0 saturated heterocycles. The predicted molar refractivity (Wildman–Crippen MR) is 75.0 cm³/mol. The van der Waals surface area contributed by atoms with Crippen molar-refractivity contribution in [2.24, 2.45) is 0 Å². The Balaban J connectivity index is 2.20. The van der Waals surface area contributed by atoms with Gasteiger partial charge in [0.2, 0.25) is 5.95 Å². The van der Waals surface area contributed by atoms with E-state index in [-0.39, 0.29) is 6.04 Å². The molecule has 1 aromatic carbocycles. The standard InChI is InChI=1S/C14H16ClN3/c1-10-8-11(2)17-14(16-10)18-13(9-15)12-6-4-3-5-7-12/h3-8,13H,9H2,1-2H3,(H,16,17,18). The highest BCUT2D eigenvalue weighted by Gasteiger charge is 2.11. The van der Waals surface area contributed by atoms with Crippen LogP contribution in [0.4, 0.5) is 5.95 Å². The highest BCUT2D eigenvalue weighted by Crippen LogP contribution is 2.18. The first-order valence-electron chi connectivity index (χ1n) is 5.89. The van der Waals surface area contributed by atoms with Crippen molar-refractivity contribution in [2.75, 3.05) is 11.2 Å². The summed E-state index contributed by atoms with van der Waals surface area (Å²) in [5.74, 6) is 1.10. The molecule has 0 spiro atoms. The molecule has 0 fully saturated rings. The number of halogens is 1. The number of hydrogen-bond donors (Lipinski definition) is 1. The van der Waals surface area contributed by atoms with Gasteiger partial charge in [0.25, 0.3) is 0 Å². The van der Waals surface area contributed by atoms with Crippen LogP contribution >= 0.6 is 11.6 Å². The molecule has 1 N–H and O–H groups in total. The molecule has 94 valence electrons. The van der Waals surface area contributed by atoms with Crippen molar-refractivity contribution in [1.82, 2.24) is 9.97 Å². The molecule has 0 bridgehead atoms. The molecule has 0 radical (unpaired) electrons. The fraction of sp³-hybridized carbons (Fsp3) is 0.286. The van der Waals surface area contributed by atoms with Crippen molar-refractivity contribution in [1.29, 1.82) is 0 Å². The number of alkyl halides is 1. The maximum atomic E-state index is 6.01. The van der Waals surface area contributed by atoms with Gasteiger partial charge in [0.15, 0.2) is 0 Å². The van der Waals surface area contributed by atoms with E-state index in [1.165, 1.54) is 0 Å². The molecule has 3 nitrogen and oxygen atoms in total. The van der Waals surface area contributed by atoms with Crippen LogP contribution in [0.3, 0.4) is 0 Å². The quantitative estimate of drug-likeness (QED) is 0.857. The topological polar surface area (TPSA) is 37.8 Å². The average molecular weight is 262 g/mol. The fourth-order valence-electron chi connectivity index (χ4n) is 1.84. The molecule has 0 aliphatic rings. The summed E-state index contributed by atoms with van der Waals surface area (Å²) in [6.07, 6.45) is 0. The van der Waals surface area contributed by atoms with Gasteiger partial charge in [0, 0.05) is 17.3 Å². The van der Waals surface area contributed by atoms with Gasteiger partial charge in [-0.05, 0) is 25.5 Å². The lowest BCUT2D eigenvalue weighted by Gasteiger charge is -2.16. The number of rotatable bonds is 4. The highest BCUT2D eigenvalue weighted by atomic mass is 35.5. The first kappa shape index (κ1) is 12.8. The zero-order valence-electron chi connectivity index (χ0n) is 10.5. The summed E-state index contributed by atoms with van der Waals surface area (Å²) in [6, 6.07) is 12.0. The smallest absolute Gasteiger partial charge is 0.223 e. The minimum atomic E-state index is 0.0223. The molecule has 1 atom stereocenters. The normalized spacial score (nSPS) is 12.2. The Kier molecular flexibility index (Phi) is 4.15. The molecular weight excluding hydrogens is 246 g/mol. The molecule has 0 aliphatic heterocycles. The first-order valence-corrected chi connectivity index (χ1v) is 6.42. The van der Waals surface area contributed by atoms with E-state index in [1.807, 2.05) is 50.2 Å². The lowest BCUT2D eigenvalue weighted by atomic mass is 10.1. The Morgan fingerprint density at radius 1 is 1.11 bits per heavy atom. The third-order valence-electron chi connectivity index (χ3n) is 2.64. The Bertz CT molecular complexity index is 493. The monoisotopic (exact) mass is 261 g/mol. The molecule has 0 aliphatic carbocycles. The minimum Gasteiger partial charge on any atom is -0.346 e. The van der Waals surface area contributed by atoms with Crippen molar-refractivity contribution >= 4 is 17.5 Å². The third-order valence-corrected chi connectivity index (χ3v) is 2.95. The second-order valence-corrected chi connectivity index (χ2v) is 4.54. The van der Waals surface area contributed by atoms with E-state index in [0.29, 0.717) is 11.8 Å². The average Bonchev–Trinajstić information content (AvgIpc) is 2.36. The van der Waals surface area contributed by atoms with Crippen LogP contribution in [0, 0.1) is 13.8 Å². The van der Waals surface area contributed by atoms with E-state index in [9.17, 15) is 0 Å². The van der Waals surface area contributed by atoms with Crippen LogP contribution in [-0.4, -0.2) is 15.8 Å². The molecule has 0 amide bonds. The number of anilines is 1. The number of nitrogens with one attached hydrogen (secondary N) is 1. The first-order chi connectivity index (χ1) is 8.69. The van der Waals surface area contributed by atoms with E-state index in [2.05, 4.69) is 15.3 Å². The molecule has 0 saturated carbocycles. The Labute approximate surface area is 112 Å². The molecule has 4 heteroatoms. The summed E-state index contributed by atoms with van der Waals surface area (Å²) in [7, 11) is 0. The van der Waals surface area contributed by atoms with E-state index >= 15 is 0 Å². The van der Waals surface area contributed by atoms with Crippen molar-refractivity contribution in [3.63, 3.8) is 0 Å². The summed E-state index contributed by atoms with van der Waals surface area (Å²) in [6.45, 7) is 3.91. The van der Waals surface area contributed by atoms with Crippen molar-refractivity contribution in [2.45, 2.75) is 19.9 Å². The number of hydrogen-bond acceptors (Lipinski definition) is 3. The highest BCUT2D eigenvalue weighted by molar-refractivity contribution is 6.18. The van der Waals surface area contributed by atoms with Crippen LogP contribution in [0.1, 0.15) is 23.0 Å². The van der Waals surface area contributed by atoms with E-state index in [1.54, 1.807) is 0 Å². The summed E-state index contributed by atoms with van der Waals surface area (Å²) < 4.78 is 0. The second-order valence-electron chi connectivity index (χ2n) is 4.24. The van der Waals surface area contributed by atoms with Gasteiger partial charge < -0.3 is 5.32 Å². The molecule has 2 aromatic rings. The third kappa shape index (κ3) is 3.20. The molecule has 18 heavy (non-hydrogen) atoms. The fourth-order valence-corrected chi connectivity index (χ4v) is 2.10. The van der Waals surface area contributed by atoms with Crippen molar-refractivity contribution in [3.05, 3.63) is 53.3 Å².